The van der Waals surface area contributed by atoms with Crippen LogP contribution in [0.5, 0.6) is 0 Å². The number of nitrogens with zero attached hydrogens (tertiary/aromatic N) is 1. The SMILES string of the molecule is COCCC(C)n1c(=S)[nH]c2ccsc2c1=O. The van der Waals surface area contributed by atoms with Gasteiger partial charge >= 0.3 is 0 Å². The summed E-state index contributed by atoms with van der Waals surface area (Å²) in [7, 11) is 1.65. The molecule has 4 nitrogen and oxygen atoms in total. The van der Waals surface area contributed by atoms with Gasteiger partial charge in [-0.1, -0.05) is 0 Å². The Morgan fingerprint density at radius 1 is 1.65 bits per heavy atom. The van der Waals surface area contributed by atoms with E-state index in [4.69, 9.17) is 17.0 Å². The van der Waals surface area contributed by atoms with Gasteiger partial charge in [0.2, 0.25) is 0 Å². The minimum Gasteiger partial charge on any atom is -0.385 e. The number of hydrogen-bond donors (Lipinski definition) is 1. The van der Waals surface area contributed by atoms with Crippen LogP contribution in [0, 0.1) is 4.77 Å². The molecule has 1 N–H and O–H groups in total. The van der Waals surface area contributed by atoms with Crippen LogP contribution in [0.3, 0.4) is 0 Å². The second-order valence-electron chi connectivity index (χ2n) is 3.90. The Hall–Kier alpha value is -0.980. The molecule has 0 bridgehead atoms. The molecule has 0 fully saturated rings. The fourth-order valence-electron chi connectivity index (χ4n) is 1.77. The smallest absolute Gasteiger partial charge is 0.272 e. The first-order valence-electron chi connectivity index (χ1n) is 5.36. The summed E-state index contributed by atoms with van der Waals surface area (Å²) in [5.74, 6) is 0. The Bertz CT molecular complexity index is 626. The molecule has 1 atom stereocenters. The summed E-state index contributed by atoms with van der Waals surface area (Å²) < 4.78 is 7.86. The van der Waals surface area contributed by atoms with Crippen molar-refractivity contribution in [3.05, 3.63) is 26.6 Å². The summed E-state index contributed by atoms with van der Waals surface area (Å²) in [6.07, 6.45) is 0.769. The van der Waals surface area contributed by atoms with Gasteiger partial charge < -0.3 is 9.72 Å². The Morgan fingerprint density at radius 2 is 2.41 bits per heavy atom. The maximum Gasteiger partial charge on any atom is 0.272 e. The summed E-state index contributed by atoms with van der Waals surface area (Å²) in [6, 6.07) is 1.92. The molecule has 2 rings (SSSR count). The van der Waals surface area contributed by atoms with Crippen LogP contribution in [0.1, 0.15) is 19.4 Å². The summed E-state index contributed by atoms with van der Waals surface area (Å²) in [5.41, 5.74) is 0.808. The fourth-order valence-corrected chi connectivity index (χ4v) is 2.93. The minimum absolute atomic E-state index is 0.0117. The van der Waals surface area contributed by atoms with Gasteiger partial charge in [-0.25, -0.2) is 0 Å². The topological polar surface area (TPSA) is 47.0 Å². The third-order valence-corrected chi connectivity index (χ3v) is 3.92. The molecular weight excluding hydrogens is 256 g/mol. The Kier molecular flexibility index (Phi) is 3.76. The molecule has 1 unspecified atom stereocenters. The molecule has 0 aliphatic heterocycles. The molecule has 0 amide bonds. The number of ether oxygens (including phenoxy) is 1. The van der Waals surface area contributed by atoms with E-state index in [1.54, 1.807) is 11.7 Å². The number of methoxy groups -OCH3 is 1. The largest absolute Gasteiger partial charge is 0.385 e. The predicted octanol–water partition coefficient (Wildman–Crippen LogP) is 2.72. The van der Waals surface area contributed by atoms with Crippen molar-refractivity contribution in [3.8, 4) is 0 Å². The molecule has 0 saturated heterocycles. The first-order chi connectivity index (χ1) is 8.15. The summed E-state index contributed by atoms with van der Waals surface area (Å²) in [6.45, 7) is 2.59. The lowest BCUT2D eigenvalue weighted by Gasteiger charge is -2.14. The van der Waals surface area contributed by atoms with E-state index in [2.05, 4.69) is 4.98 Å². The molecule has 0 aromatic carbocycles. The summed E-state index contributed by atoms with van der Waals surface area (Å²) in [4.78, 5) is 15.3. The van der Waals surface area contributed by atoms with Crippen molar-refractivity contribution < 1.29 is 4.74 Å². The molecule has 2 heterocycles. The molecule has 6 heteroatoms. The molecule has 2 aromatic heterocycles. The second-order valence-corrected chi connectivity index (χ2v) is 5.20. The lowest BCUT2D eigenvalue weighted by molar-refractivity contribution is 0.180. The second kappa shape index (κ2) is 5.12. The number of aromatic nitrogens is 2. The van der Waals surface area contributed by atoms with Gasteiger partial charge in [-0.05, 0) is 37.0 Å². The number of H-pyrrole nitrogens is 1. The molecule has 2 aromatic rings. The van der Waals surface area contributed by atoms with Crippen LogP contribution < -0.4 is 5.56 Å². The van der Waals surface area contributed by atoms with Gasteiger partial charge in [-0.2, -0.15) is 0 Å². The zero-order valence-corrected chi connectivity index (χ0v) is 11.4. The van der Waals surface area contributed by atoms with Crippen LogP contribution in [-0.2, 0) is 4.74 Å². The highest BCUT2D eigenvalue weighted by atomic mass is 32.1. The van der Waals surface area contributed by atoms with Gasteiger partial charge in [0.25, 0.3) is 5.56 Å². The van der Waals surface area contributed by atoms with E-state index in [1.807, 2.05) is 18.4 Å². The monoisotopic (exact) mass is 270 g/mol. The van der Waals surface area contributed by atoms with Crippen molar-refractivity contribution in [1.82, 2.24) is 9.55 Å². The third kappa shape index (κ3) is 2.34. The fraction of sp³-hybridized carbons (Fsp3) is 0.455. The van der Waals surface area contributed by atoms with Crippen LogP contribution in [0.25, 0.3) is 10.2 Å². The normalized spacial score (nSPS) is 13.1. The van der Waals surface area contributed by atoms with Crippen molar-refractivity contribution in [2.75, 3.05) is 13.7 Å². The first-order valence-corrected chi connectivity index (χ1v) is 6.65. The lowest BCUT2D eigenvalue weighted by Crippen LogP contribution is -2.25. The van der Waals surface area contributed by atoms with E-state index in [9.17, 15) is 4.79 Å². The molecule has 0 saturated carbocycles. The van der Waals surface area contributed by atoms with Gasteiger partial charge in [0, 0.05) is 19.8 Å². The number of nitrogens with one attached hydrogen (secondary N) is 1. The van der Waals surface area contributed by atoms with E-state index >= 15 is 0 Å². The zero-order chi connectivity index (χ0) is 12.4. The molecule has 17 heavy (non-hydrogen) atoms. The van der Waals surface area contributed by atoms with Crippen LogP contribution in [0.15, 0.2) is 16.2 Å². The molecule has 0 aliphatic rings. The summed E-state index contributed by atoms with van der Waals surface area (Å²) >= 11 is 6.67. The number of rotatable bonds is 4. The molecular formula is C11H14N2O2S2. The summed E-state index contributed by atoms with van der Waals surface area (Å²) in [5, 5.41) is 1.89. The molecule has 92 valence electrons. The molecule has 0 radical (unpaired) electrons. The van der Waals surface area contributed by atoms with Crippen LogP contribution in [0.2, 0.25) is 0 Å². The standard InChI is InChI=1S/C11H14N2O2S2/c1-7(3-5-15-2)13-10(14)9-8(4-6-17-9)12-11(13)16/h4,6-7H,3,5H2,1-2H3,(H,12,16). The zero-order valence-electron chi connectivity index (χ0n) is 9.73. The third-order valence-electron chi connectivity index (χ3n) is 2.72. The first kappa shape index (κ1) is 12.5. The van der Waals surface area contributed by atoms with Crippen LogP contribution in [0.4, 0.5) is 0 Å². The highest BCUT2D eigenvalue weighted by molar-refractivity contribution is 7.71. The van der Waals surface area contributed by atoms with Crippen LogP contribution >= 0.6 is 23.6 Å². The molecule has 0 spiro atoms. The Balaban J connectivity index is 2.53. The van der Waals surface area contributed by atoms with E-state index in [0.717, 1.165) is 16.6 Å². The average Bonchev–Trinajstić information content (AvgIpc) is 2.74. The van der Waals surface area contributed by atoms with Gasteiger partial charge in [0.15, 0.2) is 4.77 Å². The lowest BCUT2D eigenvalue weighted by atomic mass is 10.2. The van der Waals surface area contributed by atoms with Crippen LogP contribution in [-0.4, -0.2) is 23.3 Å². The van der Waals surface area contributed by atoms with Gasteiger partial charge in [-0.3, -0.25) is 9.36 Å². The van der Waals surface area contributed by atoms with Crippen molar-refractivity contribution in [2.24, 2.45) is 0 Å². The Morgan fingerprint density at radius 3 is 3.12 bits per heavy atom. The highest BCUT2D eigenvalue weighted by Crippen LogP contribution is 2.16. The van der Waals surface area contributed by atoms with E-state index < -0.39 is 0 Å². The Labute approximate surface area is 108 Å². The van der Waals surface area contributed by atoms with E-state index in [0.29, 0.717) is 11.4 Å². The van der Waals surface area contributed by atoms with Crippen molar-refractivity contribution in [3.63, 3.8) is 0 Å². The van der Waals surface area contributed by atoms with Gasteiger partial charge in [0.05, 0.1) is 5.52 Å². The van der Waals surface area contributed by atoms with Crippen molar-refractivity contribution >= 4 is 33.8 Å². The van der Waals surface area contributed by atoms with Crippen molar-refractivity contribution in [2.45, 2.75) is 19.4 Å². The van der Waals surface area contributed by atoms with E-state index in [-0.39, 0.29) is 11.6 Å². The predicted molar refractivity (Wildman–Crippen MR) is 72.5 cm³/mol. The average molecular weight is 270 g/mol. The number of aromatic amines is 1. The number of thiophene rings is 1. The van der Waals surface area contributed by atoms with Crippen molar-refractivity contribution in [1.29, 1.82) is 0 Å². The maximum atomic E-state index is 12.3. The van der Waals surface area contributed by atoms with E-state index in [1.165, 1.54) is 11.3 Å². The van der Waals surface area contributed by atoms with Gasteiger partial charge in [-0.15, -0.1) is 11.3 Å². The molecule has 0 aliphatic carbocycles. The number of hydrogen-bond acceptors (Lipinski definition) is 4. The quantitative estimate of drug-likeness (QED) is 0.869. The minimum atomic E-state index is -0.0117. The highest BCUT2D eigenvalue weighted by Gasteiger charge is 2.12. The maximum absolute atomic E-state index is 12.3. The number of fused-ring (bicyclic) bond motifs is 1. The van der Waals surface area contributed by atoms with Gasteiger partial charge in [0.1, 0.15) is 4.70 Å².